The molecular formula is C9H13IN4O2. The highest BCUT2D eigenvalue weighted by Gasteiger charge is 2.09. The van der Waals surface area contributed by atoms with Crippen LogP contribution in [0.5, 0.6) is 0 Å². The van der Waals surface area contributed by atoms with Gasteiger partial charge in [-0.05, 0) is 18.6 Å². The summed E-state index contributed by atoms with van der Waals surface area (Å²) in [6.07, 6.45) is 2.46. The minimum atomic E-state index is -0.324. The molecule has 1 aromatic rings. The van der Waals surface area contributed by atoms with Crippen molar-refractivity contribution in [2.75, 3.05) is 13.1 Å². The highest BCUT2D eigenvalue weighted by Crippen LogP contribution is 1.98. The maximum atomic E-state index is 11.4. The number of hydrogen-bond donors (Lipinski definition) is 3. The third-order valence-electron chi connectivity index (χ3n) is 1.94. The van der Waals surface area contributed by atoms with Crippen molar-refractivity contribution < 1.29 is 9.21 Å². The Labute approximate surface area is 110 Å². The van der Waals surface area contributed by atoms with Crippen molar-refractivity contribution in [3.63, 3.8) is 0 Å². The molecule has 1 aliphatic rings. The molecule has 1 aliphatic heterocycles. The average Bonchev–Trinajstić information content (AvgIpc) is 2.81. The third-order valence-corrected chi connectivity index (χ3v) is 1.94. The number of carbonyl (C=O) groups is 1. The molecule has 16 heavy (non-hydrogen) atoms. The lowest BCUT2D eigenvalue weighted by Crippen LogP contribution is -2.49. The summed E-state index contributed by atoms with van der Waals surface area (Å²) in [5.74, 6) is 0.523. The molecule has 6 nitrogen and oxygen atoms in total. The van der Waals surface area contributed by atoms with Gasteiger partial charge in [-0.1, -0.05) is 0 Å². The van der Waals surface area contributed by atoms with Crippen molar-refractivity contribution in [1.82, 2.24) is 16.2 Å². The van der Waals surface area contributed by atoms with E-state index in [4.69, 9.17) is 4.42 Å². The van der Waals surface area contributed by atoms with Crippen LogP contribution in [0.2, 0.25) is 0 Å². The summed E-state index contributed by atoms with van der Waals surface area (Å²) in [5, 5.41) is 3.01. The van der Waals surface area contributed by atoms with Crippen molar-refractivity contribution >= 4 is 35.8 Å². The van der Waals surface area contributed by atoms with Gasteiger partial charge in [-0.2, -0.15) is 0 Å². The van der Waals surface area contributed by atoms with Gasteiger partial charge in [0.05, 0.1) is 6.26 Å². The zero-order chi connectivity index (χ0) is 10.5. The molecule has 0 spiro atoms. The minimum Gasteiger partial charge on any atom is -0.459 e. The van der Waals surface area contributed by atoms with Gasteiger partial charge in [-0.3, -0.25) is 20.6 Å². The van der Waals surface area contributed by atoms with Crippen molar-refractivity contribution in [3.8, 4) is 0 Å². The summed E-state index contributed by atoms with van der Waals surface area (Å²) in [6, 6.07) is 3.25. The Morgan fingerprint density at radius 1 is 1.56 bits per heavy atom. The highest BCUT2D eigenvalue weighted by atomic mass is 127. The SMILES string of the molecule is I.O=C(NNC1=NCCCN1)c1ccco1. The summed E-state index contributed by atoms with van der Waals surface area (Å²) in [7, 11) is 0. The first-order valence-corrected chi connectivity index (χ1v) is 4.74. The Bertz CT molecular complexity index is 364. The Morgan fingerprint density at radius 3 is 3.06 bits per heavy atom. The van der Waals surface area contributed by atoms with E-state index in [-0.39, 0.29) is 35.6 Å². The van der Waals surface area contributed by atoms with Crippen molar-refractivity contribution in [2.45, 2.75) is 6.42 Å². The Hall–Kier alpha value is -1.25. The van der Waals surface area contributed by atoms with Crippen molar-refractivity contribution in [3.05, 3.63) is 24.2 Å². The molecule has 2 heterocycles. The van der Waals surface area contributed by atoms with Crippen LogP contribution < -0.4 is 16.2 Å². The highest BCUT2D eigenvalue weighted by molar-refractivity contribution is 14.0. The predicted octanol–water partition coefficient (Wildman–Crippen LogP) is 0.481. The second-order valence-electron chi connectivity index (χ2n) is 3.07. The molecule has 0 aliphatic carbocycles. The van der Waals surface area contributed by atoms with Gasteiger partial charge in [0.1, 0.15) is 0 Å². The molecule has 88 valence electrons. The monoisotopic (exact) mass is 336 g/mol. The van der Waals surface area contributed by atoms with E-state index in [0.717, 1.165) is 19.5 Å². The first-order chi connectivity index (χ1) is 7.36. The number of nitrogens with zero attached hydrogens (tertiary/aromatic N) is 1. The van der Waals surface area contributed by atoms with Gasteiger partial charge in [0, 0.05) is 13.1 Å². The van der Waals surface area contributed by atoms with Crippen LogP contribution in [-0.4, -0.2) is 25.0 Å². The van der Waals surface area contributed by atoms with Gasteiger partial charge in [-0.25, -0.2) is 0 Å². The summed E-state index contributed by atoms with van der Waals surface area (Å²) < 4.78 is 4.92. The molecule has 0 unspecified atom stereocenters. The van der Waals surface area contributed by atoms with Crippen LogP contribution in [0.15, 0.2) is 27.8 Å². The molecule has 3 N–H and O–H groups in total. The number of nitrogens with one attached hydrogen (secondary N) is 3. The Balaban J connectivity index is 0.00000128. The molecule has 1 amide bonds. The molecule has 2 rings (SSSR count). The van der Waals surface area contributed by atoms with Crippen LogP contribution in [0.4, 0.5) is 0 Å². The van der Waals surface area contributed by atoms with E-state index in [2.05, 4.69) is 21.2 Å². The van der Waals surface area contributed by atoms with Crippen LogP contribution >= 0.6 is 24.0 Å². The summed E-state index contributed by atoms with van der Waals surface area (Å²) in [5.41, 5.74) is 5.17. The first-order valence-electron chi connectivity index (χ1n) is 4.74. The molecule has 1 aromatic heterocycles. The topological polar surface area (TPSA) is 78.7 Å². The van der Waals surface area contributed by atoms with Gasteiger partial charge in [0.15, 0.2) is 5.76 Å². The number of guanidine groups is 1. The Morgan fingerprint density at radius 2 is 2.44 bits per heavy atom. The van der Waals surface area contributed by atoms with Crippen LogP contribution in [0.1, 0.15) is 17.0 Å². The smallest absolute Gasteiger partial charge is 0.305 e. The lowest BCUT2D eigenvalue weighted by Gasteiger charge is -2.15. The van der Waals surface area contributed by atoms with E-state index in [1.807, 2.05) is 0 Å². The van der Waals surface area contributed by atoms with E-state index in [0.29, 0.717) is 5.96 Å². The van der Waals surface area contributed by atoms with Gasteiger partial charge in [0.25, 0.3) is 0 Å². The molecule has 0 aromatic carbocycles. The number of hydrazine groups is 1. The number of furan rings is 1. The molecule has 0 saturated carbocycles. The third kappa shape index (κ3) is 3.40. The van der Waals surface area contributed by atoms with E-state index in [1.165, 1.54) is 6.26 Å². The molecular weight excluding hydrogens is 323 g/mol. The number of hydrogen-bond acceptors (Lipinski definition) is 5. The van der Waals surface area contributed by atoms with Gasteiger partial charge in [-0.15, -0.1) is 24.0 Å². The van der Waals surface area contributed by atoms with E-state index in [9.17, 15) is 4.79 Å². The van der Waals surface area contributed by atoms with Gasteiger partial charge in [0.2, 0.25) is 5.96 Å². The molecule has 0 fully saturated rings. The Kier molecular flexibility index (Phi) is 5.09. The molecule has 0 atom stereocenters. The predicted molar refractivity (Wildman–Crippen MR) is 69.6 cm³/mol. The lowest BCUT2D eigenvalue weighted by molar-refractivity contribution is 0.0915. The molecule has 0 bridgehead atoms. The van der Waals surface area contributed by atoms with Crippen LogP contribution in [0, 0.1) is 0 Å². The van der Waals surface area contributed by atoms with Gasteiger partial charge < -0.3 is 9.73 Å². The number of halogens is 1. The fourth-order valence-electron chi connectivity index (χ4n) is 1.20. The van der Waals surface area contributed by atoms with Crippen LogP contribution in [-0.2, 0) is 0 Å². The fourth-order valence-corrected chi connectivity index (χ4v) is 1.20. The largest absolute Gasteiger partial charge is 0.459 e. The maximum Gasteiger partial charge on any atom is 0.305 e. The number of amides is 1. The summed E-state index contributed by atoms with van der Waals surface area (Å²) in [6.45, 7) is 1.63. The van der Waals surface area contributed by atoms with Crippen molar-refractivity contribution in [1.29, 1.82) is 0 Å². The molecule has 0 saturated heterocycles. The number of carbonyl (C=O) groups excluding carboxylic acids is 1. The number of aliphatic imine (C=N–C) groups is 1. The second-order valence-corrected chi connectivity index (χ2v) is 3.07. The van der Waals surface area contributed by atoms with E-state index >= 15 is 0 Å². The lowest BCUT2D eigenvalue weighted by atomic mass is 10.4. The maximum absolute atomic E-state index is 11.4. The minimum absolute atomic E-state index is 0. The molecule has 7 heteroatoms. The van der Waals surface area contributed by atoms with Gasteiger partial charge >= 0.3 is 5.91 Å². The standard InChI is InChI=1S/C9H12N4O2.HI/c14-8(7-3-1-6-15-7)12-13-9-10-4-2-5-11-9;/h1,3,6H,2,4-5H2,(H,12,14)(H2,10,11,13);1H. The first kappa shape index (κ1) is 12.8. The normalized spacial score (nSPS) is 14.1. The van der Waals surface area contributed by atoms with E-state index < -0.39 is 0 Å². The van der Waals surface area contributed by atoms with Crippen molar-refractivity contribution in [2.24, 2.45) is 4.99 Å². The fraction of sp³-hybridized carbons (Fsp3) is 0.333. The van der Waals surface area contributed by atoms with E-state index in [1.54, 1.807) is 12.1 Å². The summed E-state index contributed by atoms with van der Waals surface area (Å²) in [4.78, 5) is 15.5. The average molecular weight is 336 g/mol. The quantitative estimate of drug-likeness (QED) is 0.515. The zero-order valence-corrected chi connectivity index (χ0v) is 10.9. The second kappa shape index (κ2) is 6.36. The summed E-state index contributed by atoms with van der Waals surface area (Å²) >= 11 is 0. The zero-order valence-electron chi connectivity index (χ0n) is 8.53. The van der Waals surface area contributed by atoms with Crippen LogP contribution in [0.3, 0.4) is 0 Å². The van der Waals surface area contributed by atoms with Crippen LogP contribution in [0.25, 0.3) is 0 Å². The number of rotatable bonds is 1. The molecule has 0 radical (unpaired) electrons.